The van der Waals surface area contributed by atoms with Crippen LogP contribution in [-0.2, 0) is 7.05 Å². The van der Waals surface area contributed by atoms with E-state index in [-0.39, 0.29) is 40.4 Å². The van der Waals surface area contributed by atoms with Gasteiger partial charge >= 0.3 is 0 Å². The van der Waals surface area contributed by atoms with Gasteiger partial charge in [0, 0.05) is 25.2 Å². The standard InChI is InChI=1S/C18H32N4O2/c1-11(17(3,4)5)19-15(23)13-10-14(22(9)21-13)16(24)20-12(2)18(6,7)8/h10-12H,1-9H3,(H,19,23)(H,20,24)/t11-,12+/m1/s1. The summed E-state index contributed by atoms with van der Waals surface area (Å²) in [5.74, 6) is -0.494. The summed E-state index contributed by atoms with van der Waals surface area (Å²) in [4.78, 5) is 24.8. The maximum Gasteiger partial charge on any atom is 0.272 e. The van der Waals surface area contributed by atoms with Gasteiger partial charge in [-0.15, -0.1) is 0 Å². The van der Waals surface area contributed by atoms with Crippen molar-refractivity contribution >= 4 is 11.8 Å². The van der Waals surface area contributed by atoms with Gasteiger partial charge in [0.2, 0.25) is 0 Å². The molecule has 0 spiro atoms. The summed E-state index contributed by atoms with van der Waals surface area (Å²) in [5, 5.41) is 10.1. The van der Waals surface area contributed by atoms with Crippen LogP contribution in [0, 0.1) is 10.8 Å². The van der Waals surface area contributed by atoms with Crippen LogP contribution in [0.5, 0.6) is 0 Å². The normalized spacial score (nSPS) is 14.9. The van der Waals surface area contributed by atoms with Crippen molar-refractivity contribution in [3.05, 3.63) is 17.5 Å². The fourth-order valence-electron chi connectivity index (χ4n) is 1.76. The second-order valence-electron chi connectivity index (χ2n) is 8.66. The van der Waals surface area contributed by atoms with Crippen molar-refractivity contribution in [2.24, 2.45) is 17.9 Å². The van der Waals surface area contributed by atoms with Crippen molar-refractivity contribution in [1.82, 2.24) is 20.4 Å². The molecule has 2 atom stereocenters. The van der Waals surface area contributed by atoms with Crippen molar-refractivity contribution in [1.29, 1.82) is 0 Å². The molecule has 0 saturated carbocycles. The molecule has 2 amide bonds. The monoisotopic (exact) mass is 336 g/mol. The summed E-state index contributed by atoms with van der Waals surface area (Å²) >= 11 is 0. The highest BCUT2D eigenvalue weighted by atomic mass is 16.2. The van der Waals surface area contributed by atoms with Gasteiger partial charge in [-0.3, -0.25) is 14.3 Å². The molecule has 0 aromatic carbocycles. The Morgan fingerprint density at radius 3 is 1.79 bits per heavy atom. The lowest BCUT2D eigenvalue weighted by Crippen LogP contribution is -2.42. The number of nitrogens with zero attached hydrogens (tertiary/aromatic N) is 2. The average Bonchev–Trinajstić information content (AvgIpc) is 2.78. The molecule has 0 aliphatic heterocycles. The number of carbonyl (C=O) groups excluding carboxylic acids is 2. The highest BCUT2D eigenvalue weighted by Crippen LogP contribution is 2.20. The van der Waals surface area contributed by atoms with E-state index in [1.165, 1.54) is 10.7 Å². The van der Waals surface area contributed by atoms with Gasteiger partial charge in [0.05, 0.1) is 0 Å². The van der Waals surface area contributed by atoms with Gasteiger partial charge in [-0.2, -0.15) is 5.10 Å². The number of carbonyl (C=O) groups is 2. The molecule has 0 aliphatic rings. The minimum absolute atomic E-state index is 0.00177. The first-order valence-electron chi connectivity index (χ1n) is 8.39. The zero-order valence-corrected chi connectivity index (χ0v) is 16.4. The molecule has 6 nitrogen and oxygen atoms in total. The summed E-state index contributed by atoms with van der Waals surface area (Å²) in [6, 6.07) is 1.53. The third-order valence-electron chi connectivity index (χ3n) is 4.64. The predicted octanol–water partition coefficient (Wildman–Crippen LogP) is 2.75. The Balaban J connectivity index is 2.88. The van der Waals surface area contributed by atoms with Gasteiger partial charge in [-0.25, -0.2) is 0 Å². The molecule has 1 rings (SSSR count). The summed E-state index contributed by atoms with van der Waals surface area (Å²) in [7, 11) is 1.67. The van der Waals surface area contributed by atoms with Gasteiger partial charge in [-0.1, -0.05) is 41.5 Å². The van der Waals surface area contributed by atoms with E-state index in [1.807, 2.05) is 13.8 Å². The largest absolute Gasteiger partial charge is 0.348 e. The van der Waals surface area contributed by atoms with Crippen LogP contribution in [0.3, 0.4) is 0 Å². The number of aryl methyl sites for hydroxylation is 1. The van der Waals surface area contributed by atoms with Crippen LogP contribution < -0.4 is 10.6 Å². The number of aromatic nitrogens is 2. The van der Waals surface area contributed by atoms with Gasteiger partial charge in [0.1, 0.15) is 5.69 Å². The van der Waals surface area contributed by atoms with E-state index in [0.29, 0.717) is 5.69 Å². The first-order valence-corrected chi connectivity index (χ1v) is 8.39. The van der Waals surface area contributed by atoms with E-state index in [0.717, 1.165) is 0 Å². The molecule has 6 heteroatoms. The fourth-order valence-corrected chi connectivity index (χ4v) is 1.76. The third-order valence-corrected chi connectivity index (χ3v) is 4.64. The molecule has 2 N–H and O–H groups in total. The highest BCUT2D eigenvalue weighted by molar-refractivity contribution is 5.98. The number of nitrogens with one attached hydrogen (secondary N) is 2. The van der Waals surface area contributed by atoms with Gasteiger partial charge < -0.3 is 10.6 Å². The molecule has 24 heavy (non-hydrogen) atoms. The quantitative estimate of drug-likeness (QED) is 0.887. The van der Waals surface area contributed by atoms with Crippen molar-refractivity contribution < 1.29 is 9.59 Å². The van der Waals surface area contributed by atoms with E-state index in [4.69, 9.17) is 0 Å². The van der Waals surface area contributed by atoms with Crippen LogP contribution in [0.2, 0.25) is 0 Å². The Morgan fingerprint density at radius 2 is 1.38 bits per heavy atom. The molecule has 0 bridgehead atoms. The first kappa shape index (κ1) is 20.2. The van der Waals surface area contributed by atoms with Crippen LogP contribution in [0.15, 0.2) is 6.07 Å². The summed E-state index contributed by atoms with van der Waals surface area (Å²) in [6.45, 7) is 16.3. The molecule has 1 heterocycles. The second-order valence-corrected chi connectivity index (χ2v) is 8.66. The van der Waals surface area contributed by atoms with E-state index in [9.17, 15) is 9.59 Å². The molecule has 136 valence electrons. The maximum absolute atomic E-state index is 12.4. The van der Waals surface area contributed by atoms with Gasteiger partial charge in [0.15, 0.2) is 5.69 Å². The highest BCUT2D eigenvalue weighted by Gasteiger charge is 2.26. The Morgan fingerprint density at radius 1 is 0.958 bits per heavy atom. The SMILES string of the molecule is C[C@H](NC(=O)c1cc(C(=O)N[C@H](C)C(C)(C)C)nn1C)C(C)(C)C. The Labute approximate surface area is 145 Å². The van der Waals surface area contributed by atoms with Crippen LogP contribution >= 0.6 is 0 Å². The van der Waals surface area contributed by atoms with Crippen LogP contribution in [0.1, 0.15) is 76.4 Å². The zero-order chi connectivity index (χ0) is 18.9. The van der Waals surface area contributed by atoms with E-state index in [2.05, 4.69) is 57.3 Å². The maximum atomic E-state index is 12.4. The Bertz CT molecular complexity index is 606. The molecule has 0 fully saturated rings. The van der Waals surface area contributed by atoms with E-state index in [1.54, 1.807) is 7.05 Å². The molecular weight excluding hydrogens is 304 g/mol. The smallest absolute Gasteiger partial charge is 0.272 e. The molecule has 0 aliphatic carbocycles. The summed E-state index contributed by atoms with van der Waals surface area (Å²) in [6.07, 6.45) is 0. The lowest BCUT2D eigenvalue weighted by Gasteiger charge is -2.28. The summed E-state index contributed by atoms with van der Waals surface area (Å²) in [5.41, 5.74) is 0.533. The topological polar surface area (TPSA) is 76.0 Å². The molecule has 1 aromatic rings. The van der Waals surface area contributed by atoms with Crippen LogP contribution in [0.25, 0.3) is 0 Å². The van der Waals surface area contributed by atoms with E-state index < -0.39 is 0 Å². The number of hydrogen-bond acceptors (Lipinski definition) is 3. The predicted molar refractivity (Wildman–Crippen MR) is 96.0 cm³/mol. The second kappa shape index (κ2) is 6.95. The van der Waals surface area contributed by atoms with Crippen molar-refractivity contribution in [2.75, 3.05) is 0 Å². The number of rotatable bonds is 4. The molecular formula is C18H32N4O2. The summed E-state index contributed by atoms with van der Waals surface area (Å²) < 4.78 is 1.45. The molecule has 0 unspecified atom stereocenters. The Hall–Kier alpha value is -1.85. The number of hydrogen-bond donors (Lipinski definition) is 2. The van der Waals surface area contributed by atoms with Crippen molar-refractivity contribution in [3.8, 4) is 0 Å². The van der Waals surface area contributed by atoms with Crippen LogP contribution in [-0.4, -0.2) is 33.7 Å². The van der Waals surface area contributed by atoms with Gasteiger partial charge in [-0.05, 0) is 24.7 Å². The molecule has 0 saturated heterocycles. The lowest BCUT2D eigenvalue weighted by molar-refractivity contribution is 0.0895. The first-order chi connectivity index (χ1) is 10.7. The van der Waals surface area contributed by atoms with Crippen LogP contribution in [0.4, 0.5) is 0 Å². The van der Waals surface area contributed by atoms with Crippen molar-refractivity contribution in [2.45, 2.75) is 67.5 Å². The number of amides is 2. The van der Waals surface area contributed by atoms with E-state index >= 15 is 0 Å². The minimum Gasteiger partial charge on any atom is -0.348 e. The molecule has 1 aromatic heterocycles. The lowest BCUT2D eigenvalue weighted by atomic mass is 9.88. The van der Waals surface area contributed by atoms with Gasteiger partial charge in [0.25, 0.3) is 11.8 Å². The average molecular weight is 336 g/mol. The zero-order valence-electron chi connectivity index (χ0n) is 16.4. The molecule has 0 radical (unpaired) electrons. The minimum atomic E-state index is -0.268. The fraction of sp³-hybridized carbons (Fsp3) is 0.722. The third kappa shape index (κ3) is 5.08. The Kier molecular flexibility index (Phi) is 5.85. The van der Waals surface area contributed by atoms with Crippen molar-refractivity contribution in [3.63, 3.8) is 0 Å².